The Labute approximate surface area is 127 Å². The fourth-order valence-corrected chi connectivity index (χ4v) is 3.50. The van der Waals surface area contributed by atoms with Crippen LogP contribution in [-0.2, 0) is 0 Å². The molecule has 2 aliphatic rings. The predicted octanol–water partition coefficient (Wildman–Crippen LogP) is 1.02. The number of nitrogens with one attached hydrogen (secondary N) is 1. The van der Waals surface area contributed by atoms with Crippen LogP contribution in [0.5, 0.6) is 0 Å². The van der Waals surface area contributed by atoms with E-state index in [1.54, 1.807) is 5.38 Å². The van der Waals surface area contributed by atoms with Gasteiger partial charge in [0.1, 0.15) is 5.69 Å². The SMILES string of the molecule is CC1CCCN1C(=O)c1csc(C(=O)NC2CC(O)C2)n1. The number of amides is 2. The minimum Gasteiger partial charge on any atom is -0.393 e. The molecule has 0 radical (unpaired) electrons. The van der Waals surface area contributed by atoms with Gasteiger partial charge in [-0.1, -0.05) is 0 Å². The number of rotatable bonds is 3. The van der Waals surface area contributed by atoms with Crippen molar-refractivity contribution in [1.82, 2.24) is 15.2 Å². The molecule has 1 aromatic rings. The number of aromatic nitrogens is 1. The van der Waals surface area contributed by atoms with E-state index in [2.05, 4.69) is 10.3 Å². The van der Waals surface area contributed by atoms with Crippen LogP contribution in [-0.4, -0.2) is 51.5 Å². The summed E-state index contributed by atoms with van der Waals surface area (Å²) in [5, 5.41) is 14.0. The molecule has 2 N–H and O–H groups in total. The first-order chi connectivity index (χ1) is 10.0. The van der Waals surface area contributed by atoms with Crippen LogP contribution in [0.2, 0.25) is 0 Å². The van der Waals surface area contributed by atoms with Gasteiger partial charge in [-0.3, -0.25) is 9.59 Å². The van der Waals surface area contributed by atoms with Crippen molar-refractivity contribution in [2.75, 3.05) is 6.54 Å². The molecule has 7 heteroatoms. The number of aliphatic hydroxyl groups is 1. The van der Waals surface area contributed by atoms with Crippen LogP contribution in [0.1, 0.15) is 52.9 Å². The molecule has 1 aliphatic carbocycles. The summed E-state index contributed by atoms with van der Waals surface area (Å²) >= 11 is 1.19. The number of nitrogens with zero attached hydrogens (tertiary/aromatic N) is 2. The van der Waals surface area contributed by atoms with Crippen molar-refractivity contribution in [2.45, 2.75) is 50.8 Å². The van der Waals surface area contributed by atoms with Crippen LogP contribution in [0.25, 0.3) is 0 Å². The van der Waals surface area contributed by atoms with Gasteiger partial charge >= 0.3 is 0 Å². The van der Waals surface area contributed by atoms with Crippen LogP contribution in [0.3, 0.4) is 0 Å². The first kappa shape index (κ1) is 14.5. The first-order valence-electron chi connectivity index (χ1n) is 7.30. The highest BCUT2D eigenvalue weighted by molar-refractivity contribution is 7.11. The summed E-state index contributed by atoms with van der Waals surface area (Å²) < 4.78 is 0. The van der Waals surface area contributed by atoms with Gasteiger partial charge in [0.15, 0.2) is 5.01 Å². The largest absolute Gasteiger partial charge is 0.393 e. The van der Waals surface area contributed by atoms with Crippen molar-refractivity contribution in [1.29, 1.82) is 0 Å². The van der Waals surface area contributed by atoms with Gasteiger partial charge in [0.05, 0.1) is 6.10 Å². The third-order valence-electron chi connectivity index (χ3n) is 4.18. The Morgan fingerprint density at radius 1 is 1.48 bits per heavy atom. The van der Waals surface area contributed by atoms with Crippen molar-refractivity contribution >= 4 is 23.2 Å². The maximum Gasteiger partial charge on any atom is 0.280 e. The van der Waals surface area contributed by atoms with Crippen molar-refractivity contribution < 1.29 is 14.7 Å². The van der Waals surface area contributed by atoms with E-state index >= 15 is 0 Å². The maximum atomic E-state index is 12.3. The molecule has 21 heavy (non-hydrogen) atoms. The summed E-state index contributed by atoms with van der Waals surface area (Å²) in [7, 11) is 0. The first-order valence-corrected chi connectivity index (χ1v) is 8.18. The van der Waals surface area contributed by atoms with Gasteiger partial charge in [-0.15, -0.1) is 11.3 Å². The zero-order valence-corrected chi connectivity index (χ0v) is 12.7. The Morgan fingerprint density at radius 2 is 2.24 bits per heavy atom. The smallest absolute Gasteiger partial charge is 0.280 e. The summed E-state index contributed by atoms with van der Waals surface area (Å²) in [5.74, 6) is -0.347. The van der Waals surface area contributed by atoms with Crippen LogP contribution < -0.4 is 5.32 Å². The van der Waals surface area contributed by atoms with E-state index < -0.39 is 0 Å². The van der Waals surface area contributed by atoms with E-state index in [9.17, 15) is 14.7 Å². The van der Waals surface area contributed by atoms with Crippen LogP contribution in [0.15, 0.2) is 5.38 Å². The fourth-order valence-electron chi connectivity index (χ4n) is 2.81. The molecule has 2 heterocycles. The summed E-state index contributed by atoms with van der Waals surface area (Å²) in [6.07, 6.45) is 2.92. The second kappa shape index (κ2) is 5.73. The van der Waals surface area contributed by atoms with Crippen molar-refractivity contribution in [3.8, 4) is 0 Å². The summed E-state index contributed by atoms with van der Waals surface area (Å²) in [5.41, 5.74) is 0.354. The predicted molar refractivity (Wildman–Crippen MR) is 78.3 cm³/mol. The van der Waals surface area contributed by atoms with Crippen LogP contribution in [0.4, 0.5) is 0 Å². The normalized spacial score (nSPS) is 28.3. The molecule has 1 saturated carbocycles. The highest BCUT2D eigenvalue weighted by Gasteiger charge is 2.31. The topological polar surface area (TPSA) is 82.5 Å². The lowest BCUT2D eigenvalue weighted by molar-refractivity contribution is 0.0562. The maximum absolute atomic E-state index is 12.3. The third-order valence-corrected chi connectivity index (χ3v) is 5.02. The van der Waals surface area contributed by atoms with Gasteiger partial charge in [0, 0.05) is 24.0 Å². The van der Waals surface area contributed by atoms with Gasteiger partial charge in [0.25, 0.3) is 11.8 Å². The Balaban J connectivity index is 1.62. The van der Waals surface area contributed by atoms with Crippen molar-refractivity contribution in [3.05, 3.63) is 16.1 Å². The minimum atomic E-state index is -0.305. The van der Waals surface area contributed by atoms with Crippen molar-refractivity contribution in [3.63, 3.8) is 0 Å². The molecule has 1 saturated heterocycles. The molecular formula is C14H19N3O3S. The Bertz CT molecular complexity index is 553. The lowest BCUT2D eigenvalue weighted by Crippen LogP contribution is -2.46. The van der Waals surface area contributed by atoms with Crippen LogP contribution >= 0.6 is 11.3 Å². The summed E-state index contributed by atoms with van der Waals surface area (Å²) in [4.78, 5) is 30.3. The molecule has 1 unspecified atom stereocenters. The number of aliphatic hydroxyl groups excluding tert-OH is 1. The van der Waals surface area contributed by atoms with E-state index in [1.165, 1.54) is 11.3 Å². The average molecular weight is 309 g/mol. The molecule has 1 aliphatic heterocycles. The molecule has 1 aromatic heterocycles. The number of hydrogen-bond acceptors (Lipinski definition) is 5. The quantitative estimate of drug-likeness (QED) is 0.873. The number of thiazole rings is 1. The zero-order chi connectivity index (χ0) is 15.0. The highest BCUT2D eigenvalue weighted by atomic mass is 32.1. The zero-order valence-electron chi connectivity index (χ0n) is 11.9. The van der Waals surface area contributed by atoms with Gasteiger partial charge in [-0.05, 0) is 32.6 Å². The monoisotopic (exact) mass is 309 g/mol. The number of carbonyl (C=O) groups excluding carboxylic acids is 2. The molecule has 2 fully saturated rings. The van der Waals surface area contributed by atoms with E-state index in [4.69, 9.17) is 0 Å². The highest BCUT2D eigenvalue weighted by Crippen LogP contribution is 2.22. The van der Waals surface area contributed by atoms with Gasteiger partial charge in [0.2, 0.25) is 0 Å². The second-order valence-electron chi connectivity index (χ2n) is 5.82. The minimum absolute atomic E-state index is 0.0224. The van der Waals surface area contributed by atoms with Crippen molar-refractivity contribution in [2.24, 2.45) is 0 Å². The van der Waals surface area contributed by atoms with E-state index in [0.29, 0.717) is 23.5 Å². The molecule has 0 bridgehead atoms. The Morgan fingerprint density at radius 3 is 2.86 bits per heavy atom. The van der Waals surface area contributed by atoms with E-state index in [0.717, 1.165) is 19.4 Å². The average Bonchev–Trinajstić information content (AvgIpc) is 3.04. The van der Waals surface area contributed by atoms with Crippen LogP contribution in [0, 0.1) is 0 Å². The fraction of sp³-hybridized carbons (Fsp3) is 0.643. The molecule has 2 amide bonds. The summed E-state index contributed by atoms with van der Waals surface area (Å²) in [6.45, 7) is 2.80. The standard InChI is InChI=1S/C14H19N3O3S/c1-8-3-2-4-17(8)14(20)11-7-21-13(16-11)12(19)15-9-5-10(18)6-9/h7-10,18H,2-6H2,1H3,(H,15,19). The summed E-state index contributed by atoms with van der Waals surface area (Å²) in [6, 6.07) is 0.266. The van der Waals surface area contributed by atoms with E-state index in [1.807, 2.05) is 11.8 Å². The Kier molecular flexibility index (Phi) is 3.95. The molecule has 0 spiro atoms. The molecule has 0 aromatic carbocycles. The molecule has 3 rings (SSSR count). The van der Waals surface area contributed by atoms with Gasteiger partial charge in [-0.25, -0.2) is 4.98 Å². The molecule has 1 atom stereocenters. The van der Waals surface area contributed by atoms with Gasteiger partial charge in [-0.2, -0.15) is 0 Å². The number of hydrogen-bond donors (Lipinski definition) is 2. The Hall–Kier alpha value is -1.47. The molecule has 114 valence electrons. The lowest BCUT2D eigenvalue weighted by Gasteiger charge is -2.31. The van der Waals surface area contributed by atoms with Gasteiger partial charge < -0.3 is 15.3 Å². The third kappa shape index (κ3) is 2.94. The molecule has 6 nitrogen and oxygen atoms in total. The molecular weight excluding hydrogens is 290 g/mol. The number of carbonyl (C=O) groups is 2. The van der Waals surface area contributed by atoms with E-state index in [-0.39, 0.29) is 30.0 Å². The lowest BCUT2D eigenvalue weighted by atomic mass is 9.89. The second-order valence-corrected chi connectivity index (χ2v) is 6.68. The number of likely N-dealkylation sites (tertiary alicyclic amines) is 1.